The Balaban J connectivity index is 1.43. The second kappa shape index (κ2) is 22.9. The average Bonchev–Trinajstić information content (AvgIpc) is 3.02. The molecule has 0 saturated heterocycles. The zero-order chi connectivity index (χ0) is 29.5. The molecule has 3 aromatic carbocycles. The van der Waals surface area contributed by atoms with Gasteiger partial charge in [-0.15, -0.1) is 0 Å². The highest BCUT2D eigenvalue weighted by Crippen LogP contribution is 2.42. The van der Waals surface area contributed by atoms with Gasteiger partial charge in [0.1, 0.15) is 11.5 Å². The van der Waals surface area contributed by atoms with E-state index in [1.165, 1.54) is 134 Å². The van der Waals surface area contributed by atoms with Gasteiger partial charge in [-0.1, -0.05) is 127 Å². The first kappa shape index (κ1) is 35.0. The largest absolute Gasteiger partial charge is 0.492 e. The maximum Gasteiger partial charge on any atom is 0.135 e. The lowest BCUT2D eigenvalue weighted by molar-refractivity contribution is 0.307. The third kappa shape index (κ3) is 13.0. The molecule has 0 fully saturated rings. The van der Waals surface area contributed by atoms with E-state index in [1.807, 2.05) is 0 Å². The van der Waals surface area contributed by atoms with Gasteiger partial charge in [-0.05, 0) is 61.5 Å². The molecule has 0 N–H and O–H groups in total. The van der Waals surface area contributed by atoms with Crippen LogP contribution in [0, 0.1) is 0 Å². The van der Waals surface area contributed by atoms with E-state index in [2.05, 4.69) is 85.9 Å². The Morgan fingerprint density at radius 2 is 0.714 bits per heavy atom. The summed E-state index contributed by atoms with van der Waals surface area (Å²) in [6.07, 6.45) is 21.0. The minimum absolute atomic E-state index is 0.773. The minimum Gasteiger partial charge on any atom is -0.492 e. The van der Waals surface area contributed by atoms with Crippen molar-refractivity contribution in [2.75, 3.05) is 36.2 Å². The van der Waals surface area contributed by atoms with Gasteiger partial charge in [0.25, 0.3) is 0 Å². The number of unbranched alkanes of at least 4 members (excludes halogenated alkanes) is 12. The van der Waals surface area contributed by atoms with Gasteiger partial charge in [0.05, 0.1) is 13.2 Å². The van der Waals surface area contributed by atoms with Crippen molar-refractivity contribution in [3.05, 3.63) is 48.5 Å². The van der Waals surface area contributed by atoms with Crippen molar-refractivity contribution in [1.82, 2.24) is 0 Å². The summed E-state index contributed by atoms with van der Waals surface area (Å²) in [5.41, 5.74) is 0. The van der Waals surface area contributed by atoms with Crippen LogP contribution >= 0.6 is 23.5 Å². The van der Waals surface area contributed by atoms with Crippen LogP contribution < -0.4 is 9.47 Å². The summed E-state index contributed by atoms with van der Waals surface area (Å²) in [7, 11) is 0. The summed E-state index contributed by atoms with van der Waals surface area (Å²) in [5.74, 6) is 7.32. The maximum absolute atomic E-state index is 6.52. The minimum atomic E-state index is 0.773. The van der Waals surface area contributed by atoms with Crippen LogP contribution in [0.4, 0.5) is 0 Å². The number of thioether (sulfide) groups is 2. The van der Waals surface area contributed by atoms with Crippen molar-refractivity contribution in [3.8, 4) is 11.5 Å². The zero-order valence-electron chi connectivity index (χ0n) is 26.8. The standard InChI is InChI=1S/C38H58O2S2/c1-3-5-7-19-29-41-31-21-11-9-17-27-39-37-33-23-13-15-25-35(33)38(36-26-16-14-24-34(36)37)40-28-18-10-12-22-32-42-30-20-8-6-4-2/h13-16,23-26H,3-12,17-22,27-32H2,1-2H3. The molecule has 3 aromatic rings. The van der Waals surface area contributed by atoms with E-state index in [-0.39, 0.29) is 0 Å². The molecule has 0 aliphatic heterocycles. The number of ether oxygens (including phenoxy) is 2. The first-order valence-electron chi connectivity index (χ1n) is 17.2. The summed E-state index contributed by atoms with van der Waals surface area (Å²) < 4.78 is 13.0. The Bertz CT molecular complexity index is 956. The molecule has 4 heteroatoms. The number of benzene rings is 3. The topological polar surface area (TPSA) is 18.5 Å². The predicted molar refractivity (Wildman–Crippen MR) is 192 cm³/mol. The number of rotatable bonds is 26. The van der Waals surface area contributed by atoms with Crippen molar-refractivity contribution in [3.63, 3.8) is 0 Å². The Labute approximate surface area is 266 Å². The second-order valence-corrected chi connectivity index (χ2v) is 14.1. The van der Waals surface area contributed by atoms with Gasteiger partial charge < -0.3 is 9.47 Å². The van der Waals surface area contributed by atoms with E-state index >= 15 is 0 Å². The lowest BCUT2D eigenvalue weighted by Crippen LogP contribution is -2.02. The summed E-state index contributed by atoms with van der Waals surface area (Å²) in [6, 6.07) is 17.3. The zero-order valence-corrected chi connectivity index (χ0v) is 28.4. The van der Waals surface area contributed by atoms with Gasteiger partial charge in [0, 0.05) is 21.5 Å². The van der Waals surface area contributed by atoms with E-state index in [0.717, 1.165) is 37.6 Å². The van der Waals surface area contributed by atoms with Gasteiger partial charge in [-0.25, -0.2) is 0 Å². The summed E-state index contributed by atoms with van der Waals surface area (Å²) >= 11 is 4.28. The fraction of sp³-hybridized carbons (Fsp3) is 0.632. The molecular weight excluding hydrogens is 553 g/mol. The monoisotopic (exact) mass is 610 g/mol. The molecule has 0 atom stereocenters. The van der Waals surface area contributed by atoms with Gasteiger partial charge in [0.2, 0.25) is 0 Å². The van der Waals surface area contributed by atoms with E-state index in [4.69, 9.17) is 9.47 Å². The first-order valence-corrected chi connectivity index (χ1v) is 19.5. The lowest BCUT2D eigenvalue weighted by Gasteiger charge is -2.18. The Morgan fingerprint density at radius 1 is 0.405 bits per heavy atom. The second-order valence-electron chi connectivity index (χ2n) is 11.6. The Kier molecular flexibility index (Phi) is 19.1. The van der Waals surface area contributed by atoms with Crippen molar-refractivity contribution < 1.29 is 9.47 Å². The van der Waals surface area contributed by atoms with Crippen LogP contribution in [-0.2, 0) is 0 Å². The number of fused-ring (bicyclic) bond motifs is 2. The van der Waals surface area contributed by atoms with Crippen molar-refractivity contribution in [2.45, 2.75) is 117 Å². The number of hydrogen-bond acceptors (Lipinski definition) is 4. The third-order valence-electron chi connectivity index (χ3n) is 7.98. The van der Waals surface area contributed by atoms with E-state index in [9.17, 15) is 0 Å². The van der Waals surface area contributed by atoms with Crippen LogP contribution in [-0.4, -0.2) is 36.2 Å². The van der Waals surface area contributed by atoms with Crippen molar-refractivity contribution >= 4 is 45.1 Å². The highest BCUT2D eigenvalue weighted by molar-refractivity contribution is 7.99. The molecule has 0 aliphatic carbocycles. The van der Waals surface area contributed by atoms with Gasteiger partial charge in [0.15, 0.2) is 0 Å². The maximum atomic E-state index is 6.52. The summed E-state index contributed by atoms with van der Waals surface area (Å²) in [5, 5.41) is 4.67. The fourth-order valence-corrected chi connectivity index (χ4v) is 7.53. The van der Waals surface area contributed by atoms with Crippen LogP contribution in [0.15, 0.2) is 48.5 Å². The fourth-order valence-electron chi connectivity index (χ4n) is 5.49. The molecule has 3 rings (SSSR count). The first-order chi connectivity index (χ1) is 20.9. The van der Waals surface area contributed by atoms with Crippen LogP contribution in [0.5, 0.6) is 11.5 Å². The quantitative estimate of drug-likeness (QED) is 0.0664. The molecule has 0 unspecified atom stereocenters. The lowest BCUT2D eigenvalue weighted by atomic mass is 10.0. The van der Waals surface area contributed by atoms with Crippen molar-refractivity contribution in [2.24, 2.45) is 0 Å². The van der Waals surface area contributed by atoms with Crippen molar-refractivity contribution in [1.29, 1.82) is 0 Å². The van der Waals surface area contributed by atoms with Gasteiger partial charge >= 0.3 is 0 Å². The van der Waals surface area contributed by atoms with Gasteiger partial charge in [-0.3, -0.25) is 0 Å². The van der Waals surface area contributed by atoms with Crippen LogP contribution in [0.3, 0.4) is 0 Å². The predicted octanol–water partition coefficient (Wildman–Crippen LogP) is 12.5. The molecule has 0 radical (unpaired) electrons. The molecule has 0 spiro atoms. The molecule has 234 valence electrons. The highest BCUT2D eigenvalue weighted by atomic mass is 32.2. The molecular formula is C38H58O2S2. The molecule has 0 aliphatic rings. The van der Waals surface area contributed by atoms with Crippen LogP contribution in [0.1, 0.15) is 117 Å². The molecule has 0 aromatic heterocycles. The molecule has 0 bridgehead atoms. The van der Waals surface area contributed by atoms with Crippen LogP contribution in [0.25, 0.3) is 21.5 Å². The molecule has 2 nitrogen and oxygen atoms in total. The summed E-state index contributed by atoms with van der Waals surface area (Å²) in [4.78, 5) is 0. The SMILES string of the molecule is CCCCCCSCCCCCCOc1c2ccccc2c(OCCCCCCSCCCCCC)c2ccccc12. The third-order valence-corrected chi connectivity index (χ3v) is 10.3. The molecule has 0 saturated carbocycles. The molecule has 0 amide bonds. The Hall–Kier alpha value is -1.52. The van der Waals surface area contributed by atoms with Gasteiger partial charge in [-0.2, -0.15) is 23.5 Å². The average molecular weight is 611 g/mol. The summed E-state index contributed by atoms with van der Waals surface area (Å²) in [6.45, 7) is 6.11. The van der Waals surface area contributed by atoms with Crippen LogP contribution in [0.2, 0.25) is 0 Å². The normalized spacial score (nSPS) is 11.5. The van der Waals surface area contributed by atoms with E-state index in [1.54, 1.807) is 0 Å². The highest BCUT2D eigenvalue weighted by Gasteiger charge is 2.15. The van der Waals surface area contributed by atoms with E-state index in [0.29, 0.717) is 0 Å². The smallest absolute Gasteiger partial charge is 0.135 e. The molecule has 0 heterocycles. The molecule has 42 heavy (non-hydrogen) atoms. The number of hydrogen-bond donors (Lipinski definition) is 0. The Morgan fingerprint density at radius 3 is 1.05 bits per heavy atom. The van der Waals surface area contributed by atoms with E-state index < -0.39 is 0 Å².